The van der Waals surface area contributed by atoms with Crippen molar-refractivity contribution in [3.63, 3.8) is 0 Å². The monoisotopic (exact) mass is 295 g/mol. The van der Waals surface area contributed by atoms with Gasteiger partial charge in [0.1, 0.15) is 0 Å². The Morgan fingerprint density at radius 3 is 2.58 bits per heavy atom. The topological polar surface area (TPSA) is 49.3 Å². The van der Waals surface area contributed by atoms with Crippen molar-refractivity contribution in [2.75, 3.05) is 6.54 Å². The average molecular weight is 296 g/mol. The smallest absolute Gasteiger partial charge is 0.387 e. The summed E-state index contributed by atoms with van der Waals surface area (Å²) in [5.74, 6) is -0.761. The molecule has 1 aromatic carbocycles. The molecule has 0 aliphatic heterocycles. The summed E-state index contributed by atoms with van der Waals surface area (Å²) in [5.41, 5.74) is 0.417. The summed E-state index contributed by atoms with van der Waals surface area (Å²) in [4.78, 5) is 11.2. The van der Waals surface area contributed by atoms with Crippen LogP contribution >= 0.6 is 11.6 Å². The molecule has 0 saturated carbocycles. The van der Waals surface area contributed by atoms with E-state index in [0.717, 1.165) is 0 Å². The van der Waals surface area contributed by atoms with Crippen molar-refractivity contribution in [2.45, 2.75) is 25.1 Å². The molecule has 0 aliphatic carbocycles. The molecule has 3 nitrogen and oxygen atoms in total. The molecule has 1 atom stereocenters. The lowest BCUT2D eigenvalue weighted by Gasteiger charge is -2.14. The molecule has 0 radical (unpaired) electrons. The molecule has 1 aromatic rings. The van der Waals surface area contributed by atoms with Crippen LogP contribution in [0.4, 0.5) is 13.2 Å². The Bertz CT molecular complexity index is 437. The Balaban J connectivity index is 2.40. The third-order valence-electron chi connectivity index (χ3n) is 2.39. The SMILES string of the molecule is O=C(CCC(F)(F)F)NCC(O)c1ccccc1Cl. The molecule has 0 fully saturated rings. The first-order valence-electron chi connectivity index (χ1n) is 5.55. The molecular weight excluding hydrogens is 283 g/mol. The van der Waals surface area contributed by atoms with Gasteiger partial charge in [0.15, 0.2) is 0 Å². The molecule has 0 heterocycles. The first kappa shape index (κ1) is 15.8. The van der Waals surface area contributed by atoms with Gasteiger partial charge in [-0.05, 0) is 6.07 Å². The van der Waals surface area contributed by atoms with Crippen LogP contribution in [0.2, 0.25) is 5.02 Å². The van der Waals surface area contributed by atoms with Crippen LogP contribution in [0.1, 0.15) is 24.5 Å². The second-order valence-corrected chi connectivity index (χ2v) is 4.36. The van der Waals surface area contributed by atoms with Crippen LogP contribution in [0.3, 0.4) is 0 Å². The van der Waals surface area contributed by atoms with Crippen molar-refractivity contribution in [3.05, 3.63) is 34.9 Å². The largest absolute Gasteiger partial charge is 0.389 e. The molecule has 0 aromatic heterocycles. The van der Waals surface area contributed by atoms with E-state index in [2.05, 4.69) is 5.32 Å². The summed E-state index contributed by atoms with van der Waals surface area (Å²) in [5, 5.41) is 12.3. The lowest BCUT2D eigenvalue weighted by atomic mass is 10.1. The molecule has 1 rings (SSSR count). The summed E-state index contributed by atoms with van der Waals surface area (Å²) >= 11 is 5.83. The predicted molar refractivity (Wildman–Crippen MR) is 64.7 cm³/mol. The fourth-order valence-corrected chi connectivity index (χ4v) is 1.67. The fraction of sp³-hybridized carbons (Fsp3) is 0.417. The molecule has 2 N–H and O–H groups in total. The summed E-state index contributed by atoms with van der Waals surface area (Å²) in [7, 11) is 0. The van der Waals surface area contributed by atoms with Crippen LogP contribution < -0.4 is 5.32 Å². The molecule has 0 bridgehead atoms. The normalized spacial score (nSPS) is 13.1. The zero-order valence-electron chi connectivity index (χ0n) is 9.88. The molecule has 0 aliphatic rings. The number of carbonyl (C=O) groups excluding carboxylic acids is 1. The average Bonchev–Trinajstić information content (AvgIpc) is 2.33. The van der Waals surface area contributed by atoms with Gasteiger partial charge in [0.05, 0.1) is 12.5 Å². The van der Waals surface area contributed by atoms with Crippen LogP contribution in [0, 0.1) is 0 Å². The Morgan fingerprint density at radius 1 is 1.37 bits per heavy atom. The summed E-state index contributed by atoms with van der Waals surface area (Å²) < 4.78 is 35.7. The number of hydrogen-bond donors (Lipinski definition) is 2. The van der Waals surface area contributed by atoms with Gasteiger partial charge in [0, 0.05) is 23.6 Å². The number of nitrogens with one attached hydrogen (secondary N) is 1. The van der Waals surface area contributed by atoms with Crippen molar-refractivity contribution in [2.24, 2.45) is 0 Å². The number of carbonyl (C=O) groups is 1. The predicted octanol–water partition coefficient (Wildman–Crippen LogP) is 2.83. The van der Waals surface area contributed by atoms with E-state index in [0.29, 0.717) is 10.6 Å². The van der Waals surface area contributed by atoms with E-state index in [-0.39, 0.29) is 6.54 Å². The van der Waals surface area contributed by atoms with Gasteiger partial charge in [-0.1, -0.05) is 29.8 Å². The highest BCUT2D eigenvalue weighted by molar-refractivity contribution is 6.31. The quantitative estimate of drug-likeness (QED) is 0.877. The minimum absolute atomic E-state index is 0.180. The summed E-state index contributed by atoms with van der Waals surface area (Å²) in [6.45, 7) is -0.180. The molecule has 0 saturated heterocycles. The molecular formula is C12H13ClF3NO2. The Morgan fingerprint density at radius 2 is 2.00 bits per heavy atom. The number of halogens is 4. The summed E-state index contributed by atoms with van der Waals surface area (Å²) in [6.07, 6.45) is -7.25. The number of alkyl halides is 3. The Hall–Kier alpha value is -1.27. The Labute approximate surface area is 113 Å². The van der Waals surface area contributed by atoms with Gasteiger partial charge in [-0.2, -0.15) is 13.2 Å². The van der Waals surface area contributed by atoms with Crippen LogP contribution in [0.25, 0.3) is 0 Å². The standard InChI is InChI=1S/C12H13ClF3NO2/c13-9-4-2-1-3-8(9)10(18)7-17-11(19)5-6-12(14,15)16/h1-4,10,18H,5-7H2,(H,17,19). The van der Waals surface area contributed by atoms with Crippen molar-refractivity contribution < 1.29 is 23.1 Å². The number of hydrogen-bond acceptors (Lipinski definition) is 2. The van der Waals surface area contributed by atoms with Crippen LogP contribution in [-0.2, 0) is 4.79 Å². The van der Waals surface area contributed by atoms with Gasteiger partial charge in [0.25, 0.3) is 0 Å². The molecule has 1 unspecified atom stereocenters. The third-order valence-corrected chi connectivity index (χ3v) is 2.74. The highest BCUT2D eigenvalue weighted by atomic mass is 35.5. The van der Waals surface area contributed by atoms with Gasteiger partial charge in [-0.3, -0.25) is 4.79 Å². The minimum atomic E-state index is -4.36. The van der Waals surface area contributed by atoms with E-state index >= 15 is 0 Å². The molecule has 19 heavy (non-hydrogen) atoms. The number of aliphatic hydroxyl groups is 1. The number of benzene rings is 1. The highest BCUT2D eigenvalue weighted by Crippen LogP contribution is 2.23. The minimum Gasteiger partial charge on any atom is -0.387 e. The van der Waals surface area contributed by atoms with Crippen molar-refractivity contribution in [3.8, 4) is 0 Å². The van der Waals surface area contributed by atoms with E-state index in [9.17, 15) is 23.1 Å². The van der Waals surface area contributed by atoms with Crippen LogP contribution in [0.5, 0.6) is 0 Å². The lowest BCUT2D eigenvalue weighted by Crippen LogP contribution is -2.29. The number of amides is 1. The zero-order valence-corrected chi connectivity index (χ0v) is 10.6. The second-order valence-electron chi connectivity index (χ2n) is 3.96. The maximum atomic E-state index is 11.9. The summed E-state index contributed by atoms with van der Waals surface area (Å²) in [6, 6.07) is 6.50. The molecule has 106 valence electrons. The lowest BCUT2D eigenvalue weighted by molar-refractivity contribution is -0.144. The van der Waals surface area contributed by atoms with Crippen molar-refractivity contribution in [1.82, 2.24) is 5.32 Å². The van der Waals surface area contributed by atoms with Crippen molar-refractivity contribution >= 4 is 17.5 Å². The second kappa shape index (κ2) is 6.77. The zero-order chi connectivity index (χ0) is 14.5. The molecule has 0 spiro atoms. The van der Waals surface area contributed by atoms with E-state index in [1.165, 1.54) is 0 Å². The molecule has 7 heteroatoms. The molecule has 1 amide bonds. The Kier molecular flexibility index (Phi) is 5.62. The fourth-order valence-electron chi connectivity index (χ4n) is 1.41. The first-order valence-corrected chi connectivity index (χ1v) is 5.93. The van der Waals surface area contributed by atoms with Gasteiger partial charge >= 0.3 is 6.18 Å². The van der Waals surface area contributed by atoms with E-state index in [1.807, 2.05) is 0 Å². The van der Waals surface area contributed by atoms with Gasteiger partial charge in [0.2, 0.25) is 5.91 Å². The van der Waals surface area contributed by atoms with Crippen LogP contribution in [-0.4, -0.2) is 23.7 Å². The van der Waals surface area contributed by atoms with E-state index < -0.39 is 31.0 Å². The third kappa shape index (κ3) is 5.94. The number of rotatable bonds is 5. The van der Waals surface area contributed by atoms with Crippen molar-refractivity contribution in [1.29, 1.82) is 0 Å². The van der Waals surface area contributed by atoms with Crippen LogP contribution in [0.15, 0.2) is 24.3 Å². The first-order chi connectivity index (χ1) is 8.79. The maximum Gasteiger partial charge on any atom is 0.389 e. The van der Waals surface area contributed by atoms with E-state index in [1.54, 1.807) is 24.3 Å². The van der Waals surface area contributed by atoms with Gasteiger partial charge < -0.3 is 10.4 Å². The maximum absolute atomic E-state index is 11.9. The van der Waals surface area contributed by atoms with Gasteiger partial charge in [-0.15, -0.1) is 0 Å². The van der Waals surface area contributed by atoms with Gasteiger partial charge in [-0.25, -0.2) is 0 Å². The number of aliphatic hydroxyl groups excluding tert-OH is 1. The highest BCUT2D eigenvalue weighted by Gasteiger charge is 2.27. The van der Waals surface area contributed by atoms with E-state index in [4.69, 9.17) is 11.6 Å².